The average Bonchev–Trinajstić information content (AvgIpc) is 2.86. The van der Waals surface area contributed by atoms with Gasteiger partial charge in [-0.15, -0.1) is 0 Å². The number of ether oxygens (including phenoxy) is 2. The van der Waals surface area contributed by atoms with Crippen LogP contribution in [0.15, 0.2) is 65.6 Å². The Kier molecular flexibility index (Phi) is 6.66. The number of hydrogen-bond acceptors (Lipinski definition) is 7. The molecule has 0 atom stereocenters. The van der Waals surface area contributed by atoms with Crippen LogP contribution in [-0.4, -0.2) is 68.3 Å². The van der Waals surface area contributed by atoms with Gasteiger partial charge in [0.15, 0.2) is 18.1 Å². The Morgan fingerprint density at radius 1 is 0.971 bits per heavy atom. The maximum Gasteiger partial charge on any atom is 0.273 e. The van der Waals surface area contributed by atoms with E-state index in [0.717, 1.165) is 10.8 Å². The molecule has 0 saturated carbocycles. The fourth-order valence-electron chi connectivity index (χ4n) is 3.78. The number of fused-ring (bicyclic) bond motifs is 1. The molecular formula is C23H23N3O7S. The second-order valence-corrected chi connectivity index (χ2v) is 9.61. The second kappa shape index (κ2) is 9.65. The molecule has 1 heterocycles. The van der Waals surface area contributed by atoms with E-state index in [9.17, 15) is 23.3 Å². The molecule has 34 heavy (non-hydrogen) atoms. The monoisotopic (exact) mass is 485 g/mol. The molecule has 178 valence electrons. The van der Waals surface area contributed by atoms with Gasteiger partial charge in [-0.1, -0.05) is 30.3 Å². The molecule has 0 radical (unpaired) electrons. The van der Waals surface area contributed by atoms with E-state index in [1.54, 1.807) is 18.2 Å². The van der Waals surface area contributed by atoms with Crippen LogP contribution in [-0.2, 0) is 14.8 Å². The first kappa shape index (κ1) is 23.5. The van der Waals surface area contributed by atoms with Gasteiger partial charge in [-0.05, 0) is 29.0 Å². The molecular weight excluding hydrogens is 462 g/mol. The van der Waals surface area contributed by atoms with Crippen LogP contribution in [0.1, 0.15) is 0 Å². The van der Waals surface area contributed by atoms with Crippen molar-refractivity contribution in [2.75, 3.05) is 39.9 Å². The predicted octanol–water partition coefficient (Wildman–Crippen LogP) is 2.67. The Morgan fingerprint density at radius 3 is 2.35 bits per heavy atom. The minimum absolute atomic E-state index is 0.0857. The summed E-state index contributed by atoms with van der Waals surface area (Å²) in [5, 5.41) is 12.8. The molecule has 0 aliphatic carbocycles. The number of amides is 1. The molecule has 10 nitrogen and oxygen atoms in total. The molecule has 0 unspecified atom stereocenters. The number of carbonyl (C=O) groups excluding carboxylic acids is 1. The zero-order valence-corrected chi connectivity index (χ0v) is 19.2. The van der Waals surface area contributed by atoms with Gasteiger partial charge >= 0.3 is 0 Å². The molecule has 0 spiro atoms. The van der Waals surface area contributed by atoms with Crippen molar-refractivity contribution in [3.63, 3.8) is 0 Å². The smallest absolute Gasteiger partial charge is 0.273 e. The lowest BCUT2D eigenvalue weighted by molar-refractivity contribution is -0.385. The molecule has 4 rings (SSSR count). The Hall–Kier alpha value is -3.70. The van der Waals surface area contributed by atoms with Crippen molar-refractivity contribution >= 4 is 32.4 Å². The summed E-state index contributed by atoms with van der Waals surface area (Å²) in [6.07, 6.45) is 0. The number of non-ortho nitro benzene ring substituents is 1. The van der Waals surface area contributed by atoms with E-state index >= 15 is 0 Å². The van der Waals surface area contributed by atoms with E-state index in [2.05, 4.69) is 0 Å². The number of nitro benzene ring substituents is 1. The van der Waals surface area contributed by atoms with E-state index in [4.69, 9.17) is 9.47 Å². The Balaban J connectivity index is 1.38. The molecule has 0 bridgehead atoms. The van der Waals surface area contributed by atoms with E-state index in [1.807, 2.05) is 24.3 Å². The first-order chi connectivity index (χ1) is 16.3. The predicted molar refractivity (Wildman–Crippen MR) is 124 cm³/mol. The summed E-state index contributed by atoms with van der Waals surface area (Å²) in [6, 6.07) is 16.4. The summed E-state index contributed by atoms with van der Waals surface area (Å²) in [5.41, 5.74) is -0.184. The molecule has 1 aliphatic rings. The van der Waals surface area contributed by atoms with Crippen LogP contribution in [0.5, 0.6) is 11.5 Å². The minimum Gasteiger partial charge on any atom is -0.493 e. The standard InChI is InChI=1S/C23H23N3O7S/c1-32-21-9-7-19(26(28)29)15-22(21)33-16-23(27)24-10-12-25(13-11-24)34(30,31)20-8-6-17-4-2-3-5-18(17)14-20/h2-9,14-15H,10-13,16H2,1H3. The Labute approximate surface area is 196 Å². The molecule has 3 aromatic carbocycles. The number of piperazine rings is 1. The highest BCUT2D eigenvalue weighted by atomic mass is 32.2. The first-order valence-electron chi connectivity index (χ1n) is 10.5. The number of sulfonamides is 1. The SMILES string of the molecule is COc1ccc([N+](=O)[O-])cc1OCC(=O)N1CCN(S(=O)(=O)c2ccc3ccccc3c2)CC1. The highest BCUT2D eigenvalue weighted by Crippen LogP contribution is 2.31. The summed E-state index contributed by atoms with van der Waals surface area (Å²) in [5.74, 6) is 0.00331. The van der Waals surface area contributed by atoms with Gasteiger partial charge in [0.2, 0.25) is 10.0 Å². The Bertz CT molecular complexity index is 1340. The number of benzene rings is 3. The first-order valence-corrected chi connectivity index (χ1v) is 12.0. The molecule has 1 fully saturated rings. The summed E-state index contributed by atoms with van der Waals surface area (Å²) < 4.78 is 38.2. The number of rotatable bonds is 7. The maximum atomic E-state index is 13.1. The summed E-state index contributed by atoms with van der Waals surface area (Å²) in [4.78, 5) is 24.8. The van der Waals surface area contributed by atoms with Crippen LogP contribution in [0, 0.1) is 10.1 Å². The average molecular weight is 486 g/mol. The van der Waals surface area contributed by atoms with E-state index in [0.29, 0.717) is 0 Å². The van der Waals surface area contributed by atoms with Gasteiger partial charge in [-0.2, -0.15) is 4.31 Å². The summed E-state index contributed by atoms with van der Waals surface area (Å²) in [6.45, 7) is 0.374. The third-order valence-electron chi connectivity index (χ3n) is 5.66. The summed E-state index contributed by atoms with van der Waals surface area (Å²) >= 11 is 0. The van der Waals surface area contributed by atoms with Crippen molar-refractivity contribution in [2.24, 2.45) is 0 Å². The van der Waals surface area contributed by atoms with Gasteiger partial charge in [-0.25, -0.2) is 8.42 Å². The van der Waals surface area contributed by atoms with Crippen LogP contribution < -0.4 is 9.47 Å². The Morgan fingerprint density at radius 2 is 1.68 bits per heavy atom. The lowest BCUT2D eigenvalue weighted by Crippen LogP contribution is -2.51. The fourth-order valence-corrected chi connectivity index (χ4v) is 5.24. The van der Waals surface area contributed by atoms with Crippen LogP contribution in [0.4, 0.5) is 5.69 Å². The zero-order valence-electron chi connectivity index (χ0n) is 18.4. The number of carbonyl (C=O) groups is 1. The minimum atomic E-state index is -3.70. The second-order valence-electron chi connectivity index (χ2n) is 7.67. The van der Waals surface area contributed by atoms with Gasteiger partial charge in [0.05, 0.1) is 23.0 Å². The van der Waals surface area contributed by atoms with Crippen molar-refractivity contribution in [2.45, 2.75) is 4.90 Å². The largest absolute Gasteiger partial charge is 0.493 e. The van der Waals surface area contributed by atoms with Crippen molar-refractivity contribution in [1.29, 1.82) is 0 Å². The van der Waals surface area contributed by atoms with Crippen LogP contribution in [0.3, 0.4) is 0 Å². The molecule has 11 heteroatoms. The van der Waals surface area contributed by atoms with Gasteiger partial charge in [-0.3, -0.25) is 14.9 Å². The topological polar surface area (TPSA) is 119 Å². The van der Waals surface area contributed by atoms with Crippen molar-refractivity contribution in [3.8, 4) is 11.5 Å². The van der Waals surface area contributed by atoms with E-state index in [1.165, 1.54) is 34.5 Å². The fraction of sp³-hybridized carbons (Fsp3) is 0.261. The van der Waals surface area contributed by atoms with Crippen molar-refractivity contribution < 1.29 is 27.6 Å². The highest BCUT2D eigenvalue weighted by molar-refractivity contribution is 7.89. The number of hydrogen-bond donors (Lipinski definition) is 0. The maximum absolute atomic E-state index is 13.1. The molecule has 3 aromatic rings. The number of methoxy groups -OCH3 is 1. The third-order valence-corrected chi connectivity index (χ3v) is 7.55. The van der Waals surface area contributed by atoms with Crippen LogP contribution in [0.2, 0.25) is 0 Å². The lowest BCUT2D eigenvalue weighted by atomic mass is 10.1. The van der Waals surface area contributed by atoms with Gasteiger partial charge < -0.3 is 14.4 Å². The van der Waals surface area contributed by atoms with Crippen LogP contribution >= 0.6 is 0 Å². The molecule has 1 saturated heterocycles. The normalized spacial score (nSPS) is 14.7. The lowest BCUT2D eigenvalue weighted by Gasteiger charge is -2.34. The van der Waals surface area contributed by atoms with Gasteiger partial charge in [0, 0.05) is 32.2 Å². The van der Waals surface area contributed by atoms with Gasteiger partial charge in [0.25, 0.3) is 11.6 Å². The number of nitro groups is 1. The summed E-state index contributed by atoms with van der Waals surface area (Å²) in [7, 11) is -2.30. The third kappa shape index (κ3) is 4.80. The molecule has 0 aromatic heterocycles. The zero-order chi connectivity index (χ0) is 24.3. The van der Waals surface area contributed by atoms with Crippen molar-refractivity contribution in [3.05, 3.63) is 70.8 Å². The molecule has 1 aliphatic heterocycles. The quantitative estimate of drug-likeness (QED) is 0.373. The van der Waals surface area contributed by atoms with E-state index < -0.39 is 14.9 Å². The van der Waals surface area contributed by atoms with Crippen molar-refractivity contribution in [1.82, 2.24) is 9.21 Å². The molecule has 1 amide bonds. The van der Waals surface area contributed by atoms with Gasteiger partial charge in [0.1, 0.15) is 0 Å². The molecule has 0 N–H and O–H groups in total. The number of nitrogens with zero attached hydrogens (tertiary/aromatic N) is 3. The van der Waals surface area contributed by atoms with Crippen LogP contribution in [0.25, 0.3) is 10.8 Å². The highest BCUT2D eigenvalue weighted by Gasteiger charge is 2.30. The van der Waals surface area contributed by atoms with E-state index in [-0.39, 0.29) is 60.8 Å².